The molecule has 0 N–H and O–H groups in total. The van der Waals surface area contributed by atoms with Gasteiger partial charge in [0.1, 0.15) is 11.3 Å². The molecule has 0 aliphatic carbocycles. The second kappa shape index (κ2) is 11.3. The second-order valence-corrected chi connectivity index (χ2v) is 8.88. The maximum Gasteiger partial charge on any atom is 0.260 e. The Hall–Kier alpha value is -2.84. The van der Waals surface area contributed by atoms with Gasteiger partial charge in [0.05, 0.1) is 25.0 Å². The Morgan fingerprint density at radius 1 is 1.00 bits per heavy atom. The van der Waals surface area contributed by atoms with Crippen LogP contribution in [-0.4, -0.2) is 63.3 Å². The number of carbonyl (C=O) groups excluding carboxylic acids is 1. The van der Waals surface area contributed by atoms with E-state index in [9.17, 15) is 4.79 Å². The number of hydrogen-bond acceptors (Lipinski definition) is 7. The summed E-state index contributed by atoms with van der Waals surface area (Å²) in [5.74, 6) is 1.79. The number of ether oxygens (including phenoxy) is 3. The highest BCUT2D eigenvalue weighted by atomic mass is 32.1. The fourth-order valence-electron chi connectivity index (χ4n) is 3.55. The normalized spacial score (nSPS) is 11.1. The van der Waals surface area contributed by atoms with Crippen LogP contribution in [0, 0.1) is 6.92 Å². The van der Waals surface area contributed by atoms with E-state index >= 15 is 0 Å². The highest BCUT2D eigenvalue weighted by molar-refractivity contribution is 7.22. The van der Waals surface area contributed by atoms with Crippen LogP contribution >= 0.6 is 11.3 Å². The Morgan fingerprint density at radius 3 is 2.36 bits per heavy atom. The molecular formula is C25H33N3O4S. The summed E-state index contributed by atoms with van der Waals surface area (Å²) in [5.41, 5.74) is 2.43. The van der Waals surface area contributed by atoms with Gasteiger partial charge >= 0.3 is 0 Å². The summed E-state index contributed by atoms with van der Waals surface area (Å²) in [7, 11) is 5.69. The molecule has 0 fully saturated rings. The van der Waals surface area contributed by atoms with Gasteiger partial charge in [-0.05, 0) is 77.7 Å². The zero-order valence-corrected chi connectivity index (χ0v) is 21.1. The Labute approximate surface area is 199 Å². The number of amides is 1. The molecule has 33 heavy (non-hydrogen) atoms. The number of thiazole rings is 1. The van der Waals surface area contributed by atoms with Crippen LogP contribution in [0.1, 0.15) is 36.2 Å². The standard InChI is InChI=1S/C25H33N3O4S/c1-7-31-19-13-11-18(16-21(19)32-8-2)24(29)28(15-9-14-27(4)5)25-26-22-20(30-6)12-10-17(3)23(22)33-25/h10-13,16H,7-9,14-15H2,1-6H3. The topological polar surface area (TPSA) is 64.1 Å². The fourth-order valence-corrected chi connectivity index (χ4v) is 4.62. The molecule has 3 rings (SSSR count). The molecule has 3 aromatic rings. The van der Waals surface area contributed by atoms with Crippen LogP contribution < -0.4 is 19.1 Å². The molecule has 0 aliphatic rings. The van der Waals surface area contributed by atoms with Gasteiger partial charge in [0, 0.05) is 12.1 Å². The van der Waals surface area contributed by atoms with Crippen molar-refractivity contribution < 1.29 is 19.0 Å². The number of aryl methyl sites for hydroxylation is 1. The highest BCUT2D eigenvalue weighted by Gasteiger charge is 2.24. The first kappa shape index (κ1) is 24.8. The van der Waals surface area contributed by atoms with Crippen molar-refractivity contribution in [3.63, 3.8) is 0 Å². The molecule has 0 bridgehead atoms. The lowest BCUT2D eigenvalue weighted by atomic mass is 10.1. The molecule has 178 valence electrons. The van der Waals surface area contributed by atoms with Gasteiger partial charge in [0.25, 0.3) is 5.91 Å². The zero-order chi connectivity index (χ0) is 24.0. The summed E-state index contributed by atoms with van der Waals surface area (Å²) in [6, 6.07) is 9.27. The summed E-state index contributed by atoms with van der Waals surface area (Å²) in [6.45, 7) is 8.31. The summed E-state index contributed by atoms with van der Waals surface area (Å²) in [4.78, 5) is 22.4. The summed E-state index contributed by atoms with van der Waals surface area (Å²) in [6.07, 6.45) is 0.820. The number of hydrogen-bond donors (Lipinski definition) is 0. The van der Waals surface area contributed by atoms with Crippen LogP contribution in [0.3, 0.4) is 0 Å². The fraction of sp³-hybridized carbons (Fsp3) is 0.440. The van der Waals surface area contributed by atoms with Gasteiger partial charge in [0.2, 0.25) is 0 Å². The van der Waals surface area contributed by atoms with Crippen molar-refractivity contribution in [2.75, 3.05) is 52.4 Å². The van der Waals surface area contributed by atoms with Crippen LogP contribution in [-0.2, 0) is 0 Å². The number of nitrogens with zero attached hydrogens (tertiary/aromatic N) is 3. The number of fused-ring (bicyclic) bond motifs is 1. The molecule has 0 spiro atoms. The molecule has 1 heterocycles. The highest BCUT2D eigenvalue weighted by Crippen LogP contribution is 2.37. The molecule has 2 aromatic carbocycles. The first-order valence-corrected chi connectivity index (χ1v) is 12.0. The number of anilines is 1. The average molecular weight is 472 g/mol. The van der Waals surface area contributed by atoms with E-state index in [1.54, 1.807) is 30.2 Å². The Balaban J connectivity index is 2.02. The lowest BCUT2D eigenvalue weighted by Gasteiger charge is -2.22. The molecule has 0 atom stereocenters. The largest absolute Gasteiger partial charge is 0.494 e. The molecule has 8 heteroatoms. The molecule has 7 nitrogen and oxygen atoms in total. The monoisotopic (exact) mass is 471 g/mol. The van der Waals surface area contributed by atoms with Crippen molar-refractivity contribution in [1.82, 2.24) is 9.88 Å². The van der Waals surface area contributed by atoms with Crippen LogP contribution in [0.15, 0.2) is 30.3 Å². The maximum absolute atomic E-state index is 13.7. The molecule has 0 radical (unpaired) electrons. The van der Waals surface area contributed by atoms with Crippen molar-refractivity contribution in [2.45, 2.75) is 27.2 Å². The number of rotatable bonds is 11. The maximum atomic E-state index is 13.7. The van der Waals surface area contributed by atoms with E-state index < -0.39 is 0 Å². The van der Waals surface area contributed by atoms with Gasteiger partial charge in [-0.3, -0.25) is 9.69 Å². The van der Waals surface area contributed by atoms with E-state index in [0.717, 1.165) is 28.7 Å². The van der Waals surface area contributed by atoms with Crippen LogP contribution in [0.5, 0.6) is 17.2 Å². The molecular weight excluding hydrogens is 438 g/mol. The summed E-state index contributed by atoms with van der Waals surface area (Å²) < 4.78 is 17.9. The van der Waals surface area contributed by atoms with Crippen molar-refractivity contribution >= 4 is 32.6 Å². The number of aromatic nitrogens is 1. The smallest absolute Gasteiger partial charge is 0.260 e. The average Bonchev–Trinajstić information content (AvgIpc) is 3.24. The third-order valence-electron chi connectivity index (χ3n) is 5.17. The number of methoxy groups -OCH3 is 1. The molecule has 1 amide bonds. The van der Waals surface area contributed by atoms with Crippen molar-refractivity contribution in [3.05, 3.63) is 41.5 Å². The Morgan fingerprint density at radius 2 is 1.70 bits per heavy atom. The predicted octanol–water partition coefficient (Wildman–Crippen LogP) is 5.01. The van der Waals surface area contributed by atoms with E-state index in [2.05, 4.69) is 4.90 Å². The van der Waals surface area contributed by atoms with E-state index in [1.165, 1.54) is 11.3 Å². The van der Waals surface area contributed by atoms with Crippen molar-refractivity contribution in [3.8, 4) is 17.2 Å². The third kappa shape index (κ3) is 5.75. The first-order chi connectivity index (χ1) is 15.9. The minimum absolute atomic E-state index is 0.117. The SMILES string of the molecule is CCOc1ccc(C(=O)N(CCCN(C)C)c2nc3c(OC)ccc(C)c3s2)cc1OCC. The number of benzene rings is 2. The van der Waals surface area contributed by atoms with Gasteiger partial charge in [0.15, 0.2) is 16.6 Å². The molecule has 0 aliphatic heterocycles. The second-order valence-electron chi connectivity index (χ2n) is 7.90. The third-order valence-corrected chi connectivity index (χ3v) is 6.38. The van der Waals surface area contributed by atoms with Gasteiger partial charge in [-0.15, -0.1) is 0 Å². The van der Waals surface area contributed by atoms with Crippen LogP contribution in [0.25, 0.3) is 10.2 Å². The minimum Gasteiger partial charge on any atom is -0.494 e. The Bertz CT molecular complexity index is 1100. The van der Waals surface area contributed by atoms with E-state index in [1.807, 2.05) is 47.0 Å². The van der Waals surface area contributed by atoms with Crippen LogP contribution in [0.4, 0.5) is 5.13 Å². The molecule has 0 unspecified atom stereocenters. The lowest BCUT2D eigenvalue weighted by molar-refractivity contribution is 0.0985. The van der Waals surface area contributed by atoms with Crippen molar-refractivity contribution in [2.24, 2.45) is 0 Å². The van der Waals surface area contributed by atoms with E-state index in [0.29, 0.717) is 47.7 Å². The quantitative estimate of drug-likeness (QED) is 0.392. The van der Waals surface area contributed by atoms with Crippen LogP contribution in [0.2, 0.25) is 0 Å². The molecule has 1 aromatic heterocycles. The number of carbonyl (C=O) groups is 1. The molecule has 0 saturated heterocycles. The minimum atomic E-state index is -0.117. The Kier molecular flexibility index (Phi) is 8.52. The van der Waals surface area contributed by atoms with Gasteiger partial charge < -0.3 is 19.1 Å². The first-order valence-electron chi connectivity index (χ1n) is 11.2. The summed E-state index contributed by atoms with van der Waals surface area (Å²) in [5, 5.41) is 0.660. The predicted molar refractivity (Wildman–Crippen MR) is 135 cm³/mol. The van der Waals surface area contributed by atoms with Gasteiger partial charge in [-0.2, -0.15) is 0 Å². The molecule has 0 saturated carbocycles. The zero-order valence-electron chi connectivity index (χ0n) is 20.3. The van der Waals surface area contributed by atoms with Gasteiger partial charge in [-0.1, -0.05) is 17.4 Å². The summed E-state index contributed by atoms with van der Waals surface area (Å²) >= 11 is 1.51. The van der Waals surface area contributed by atoms with Crippen molar-refractivity contribution in [1.29, 1.82) is 0 Å². The van der Waals surface area contributed by atoms with Gasteiger partial charge in [-0.25, -0.2) is 4.98 Å². The van der Waals surface area contributed by atoms with E-state index in [4.69, 9.17) is 19.2 Å². The van der Waals surface area contributed by atoms with E-state index in [-0.39, 0.29) is 5.91 Å². The lowest BCUT2D eigenvalue weighted by Crippen LogP contribution is -2.33.